The van der Waals surface area contributed by atoms with E-state index < -0.39 is 53.0 Å². The monoisotopic (exact) mass is 629 g/mol. The first-order valence-corrected chi connectivity index (χ1v) is 15.2. The molecule has 4 aliphatic carbocycles. The molecule has 5 rings (SSSR count). The zero-order valence-electron chi connectivity index (χ0n) is 25.3. The molecular weight excluding hydrogens is 589 g/mol. The minimum Gasteiger partial charge on any atom is -0.442 e. The average molecular weight is 630 g/mol. The molecule has 3 fully saturated rings. The van der Waals surface area contributed by atoms with Crippen molar-refractivity contribution in [1.29, 1.82) is 0 Å². The fourth-order valence-electron chi connectivity index (χ4n) is 8.33. The molecule has 3 unspecified atom stereocenters. The molecular formula is C32H40FN3O9. The number of allylic oxidation sites excluding steroid dienone is 4. The Hall–Kier alpha value is -3.49. The lowest BCUT2D eigenvalue weighted by molar-refractivity contribution is -0.497. The molecule has 0 aromatic heterocycles. The number of alkyl halides is 1. The summed E-state index contributed by atoms with van der Waals surface area (Å²) in [6, 6.07) is 6.81. The van der Waals surface area contributed by atoms with Gasteiger partial charge in [0, 0.05) is 23.8 Å². The number of carbonyl (C=O) groups excluding carboxylic acids is 4. The molecule has 12 nitrogen and oxygen atoms in total. The van der Waals surface area contributed by atoms with Gasteiger partial charge in [-0.05, 0) is 73.6 Å². The van der Waals surface area contributed by atoms with Crippen molar-refractivity contribution in [3.63, 3.8) is 0 Å². The molecule has 0 heterocycles. The maximum Gasteiger partial charge on any atom is 0.408 e. The molecule has 0 radical (unpaired) electrons. The van der Waals surface area contributed by atoms with E-state index in [1.165, 1.54) is 12.2 Å². The maximum absolute atomic E-state index is 17.1. The third kappa shape index (κ3) is 6.19. The molecule has 0 aliphatic heterocycles. The van der Waals surface area contributed by atoms with Gasteiger partial charge in [-0.2, -0.15) is 0 Å². The van der Waals surface area contributed by atoms with Crippen LogP contribution in [0.3, 0.4) is 0 Å². The summed E-state index contributed by atoms with van der Waals surface area (Å²) >= 11 is 0. The second-order valence-corrected chi connectivity index (χ2v) is 13.0. The Kier molecular flexibility index (Phi) is 9.30. The number of Topliss-reactive ketones (excluding diaryl/α,β-unsaturated/α-hetero) is 1. The van der Waals surface area contributed by atoms with Crippen LogP contribution in [-0.2, 0) is 37.1 Å². The number of fused-ring (bicyclic) bond motifs is 5. The minimum atomic E-state index is -1.96. The maximum atomic E-state index is 17.1. The molecule has 0 saturated heterocycles. The van der Waals surface area contributed by atoms with Gasteiger partial charge in [-0.1, -0.05) is 42.8 Å². The number of nitrogens with zero attached hydrogens (tertiary/aromatic N) is 1. The first kappa shape index (κ1) is 32.9. The van der Waals surface area contributed by atoms with E-state index in [2.05, 4.69) is 15.5 Å². The lowest BCUT2D eigenvalue weighted by Gasteiger charge is -2.62. The molecule has 3 saturated carbocycles. The van der Waals surface area contributed by atoms with Gasteiger partial charge in [-0.3, -0.25) is 24.8 Å². The second kappa shape index (κ2) is 12.7. The van der Waals surface area contributed by atoms with E-state index in [9.17, 15) is 24.3 Å². The van der Waals surface area contributed by atoms with Gasteiger partial charge in [-0.15, -0.1) is 0 Å². The number of halogens is 1. The molecule has 244 valence electrons. The predicted molar refractivity (Wildman–Crippen MR) is 155 cm³/mol. The van der Waals surface area contributed by atoms with Gasteiger partial charge < -0.3 is 20.5 Å². The number of amides is 2. The van der Waals surface area contributed by atoms with Crippen molar-refractivity contribution in [2.75, 3.05) is 13.2 Å². The van der Waals surface area contributed by atoms with Crippen molar-refractivity contribution in [3.05, 3.63) is 59.2 Å². The number of rotatable bonds is 10. The van der Waals surface area contributed by atoms with Gasteiger partial charge in [0.15, 0.2) is 23.8 Å². The highest BCUT2D eigenvalue weighted by molar-refractivity contribution is 6.01. The summed E-state index contributed by atoms with van der Waals surface area (Å²) in [6.45, 7) is 2.93. The quantitative estimate of drug-likeness (QED) is 0.242. The number of hydrogen-bond acceptors (Lipinski definition) is 10. The summed E-state index contributed by atoms with van der Waals surface area (Å²) in [6.07, 6.45) is 4.44. The largest absolute Gasteiger partial charge is 0.442 e. The first-order chi connectivity index (χ1) is 21.3. The van der Waals surface area contributed by atoms with Crippen LogP contribution in [-0.4, -0.2) is 69.4 Å². The molecule has 1 aromatic rings. The van der Waals surface area contributed by atoms with Crippen LogP contribution in [0.15, 0.2) is 48.1 Å². The van der Waals surface area contributed by atoms with Crippen LogP contribution in [0.25, 0.3) is 0 Å². The zero-order chi connectivity index (χ0) is 32.6. The third-order valence-electron chi connectivity index (χ3n) is 10.6. The van der Waals surface area contributed by atoms with E-state index in [1.807, 2.05) is 6.92 Å². The lowest BCUT2D eigenvalue weighted by Crippen LogP contribution is -2.66. The average Bonchev–Trinajstić information content (AvgIpc) is 3.34. The molecule has 0 spiro atoms. The molecule has 5 N–H and O–H groups in total. The second-order valence-electron chi connectivity index (χ2n) is 13.0. The Morgan fingerprint density at radius 2 is 1.76 bits per heavy atom. The van der Waals surface area contributed by atoms with Gasteiger partial charge in [0.25, 0.3) is 0 Å². The summed E-state index contributed by atoms with van der Waals surface area (Å²) < 4.78 is 22.3. The number of ketones is 2. The molecule has 13 heteroatoms. The zero-order valence-corrected chi connectivity index (χ0v) is 25.3. The highest BCUT2D eigenvalue weighted by Gasteiger charge is 2.70. The van der Waals surface area contributed by atoms with Crippen molar-refractivity contribution in [3.8, 4) is 0 Å². The van der Waals surface area contributed by atoms with Gasteiger partial charge >= 0.3 is 6.09 Å². The summed E-state index contributed by atoms with van der Waals surface area (Å²) in [4.78, 5) is 54.3. The normalized spacial score (nSPS) is 33.5. The summed E-state index contributed by atoms with van der Waals surface area (Å²) in [5.74, 6) is -2.12. The fraction of sp³-hybridized carbons (Fsp3) is 0.562. The van der Waals surface area contributed by atoms with Crippen LogP contribution in [0, 0.1) is 28.6 Å². The number of hydrogen-bond donors (Lipinski definition) is 5. The number of aliphatic hydroxyl groups excluding tert-OH is 1. The topological polar surface area (TPSA) is 175 Å². The van der Waals surface area contributed by atoms with Gasteiger partial charge in [0.1, 0.15) is 6.54 Å². The lowest BCUT2D eigenvalue weighted by atomic mass is 9.45. The van der Waals surface area contributed by atoms with E-state index >= 15 is 4.39 Å². The third-order valence-corrected chi connectivity index (χ3v) is 10.6. The summed E-state index contributed by atoms with van der Waals surface area (Å²) in [7, 11) is 0. The number of aliphatic hydroxyl groups is 1. The Morgan fingerprint density at radius 1 is 1.04 bits per heavy atom. The van der Waals surface area contributed by atoms with Crippen molar-refractivity contribution in [2.24, 2.45) is 28.6 Å². The highest BCUT2D eigenvalue weighted by atomic mass is 19.1. The summed E-state index contributed by atoms with van der Waals surface area (Å²) in [5, 5.41) is 33.1. The number of carbonyl (C=O) groups is 4. The smallest absolute Gasteiger partial charge is 0.408 e. The van der Waals surface area contributed by atoms with Crippen LogP contribution in [0.5, 0.6) is 0 Å². The Balaban J connectivity index is 1.10. The van der Waals surface area contributed by atoms with E-state index in [1.54, 1.807) is 37.3 Å². The van der Waals surface area contributed by atoms with Gasteiger partial charge in [-0.25, -0.2) is 14.0 Å². The Labute approximate surface area is 260 Å². The Morgan fingerprint density at radius 3 is 2.47 bits per heavy atom. The minimum absolute atomic E-state index is 0.0600. The SMILES string of the molecule is C[C@]12C[C@H](O)C3(F)[C@@H](CCC4=CC(=O)C=C[C@@]43C)C1CCC2C(=O)COC(=O)NCC(=O)NCc1ccc(CON(O)O)cc1. The number of nitrogens with one attached hydrogen (secondary N) is 2. The van der Waals surface area contributed by atoms with Crippen LogP contribution in [0.4, 0.5) is 9.18 Å². The molecule has 4 aliphatic rings. The van der Waals surface area contributed by atoms with Crippen molar-refractivity contribution < 1.29 is 48.7 Å². The fourth-order valence-corrected chi connectivity index (χ4v) is 8.33. The van der Waals surface area contributed by atoms with Gasteiger partial charge in [0.05, 0.1) is 18.1 Å². The Bertz CT molecular complexity index is 1400. The van der Waals surface area contributed by atoms with Gasteiger partial charge in [0.2, 0.25) is 5.91 Å². The van der Waals surface area contributed by atoms with Crippen LogP contribution in [0.1, 0.15) is 57.1 Å². The van der Waals surface area contributed by atoms with E-state index in [-0.39, 0.29) is 49.0 Å². The first-order valence-electron chi connectivity index (χ1n) is 15.2. The molecule has 7 atom stereocenters. The van der Waals surface area contributed by atoms with Crippen LogP contribution in [0.2, 0.25) is 0 Å². The van der Waals surface area contributed by atoms with Crippen LogP contribution < -0.4 is 10.6 Å². The summed E-state index contributed by atoms with van der Waals surface area (Å²) in [5.41, 5.74) is -1.60. The molecule has 0 bridgehead atoms. The molecule has 45 heavy (non-hydrogen) atoms. The van der Waals surface area contributed by atoms with E-state index in [0.29, 0.717) is 36.8 Å². The highest BCUT2D eigenvalue weighted by Crippen LogP contribution is 2.68. The van der Waals surface area contributed by atoms with E-state index in [0.717, 1.165) is 5.56 Å². The van der Waals surface area contributed by atoms with Crippen molar-refractivity contribution in [1.82, 2.24) is 16.0 Å². The molecule has 1 aromatic carbocycles. The molecule has 2 amide bonds. The number of ether oxygens (including phenoxy) is 1. The number of alkyl carbamates (subject to hydrolysis) is 1. The van der Waals surface area contributed by atoms with E-state index in [4.69, 9.17) is 15.2 Å². The van der Waals surface area contributed by atoms with Crippen molar-refractivity contribution >= 4 is 23.6 Å². The predicted octanol–water partition coefficient (Wildman–Crippen LogP) is 3.10. The number of benzene rings is 1. The van der Waals surface area contributed by atoms with Crippen molar-refractivity contribution in [2.45, 2.75) is 70.9 Å². The standard InChI is InChI=1S/C32H40FN3O9/c1-30-14-27(39)32(33)24(8-7-21-13-22(37)11-12-31(21,32)2)23(30)9-10-25(30)26(38)18-44-29(41)35-16-28(40)34-15-19-3-5-20(6-4-19)17-45-36(42)43/h3-6,11-13,23-25,27,39,42-43H,7-10,14-18H2,1-2H3,(H,34,40)(H,35,41)/t23?,24-,25?,27-,30-,31-,32?/m0/s1. The van der Waals surface area contributed by atoms with Crippen LogP contribution >= 0.6 is 0 Å².